The van der Waals surface area contributed by atoms with Crippen LogP contribution >= 0.6 is 11.6 Å². The van der Waals surface area contributed by atoms with E-state index in [0.717, 1.165) is 44.0 Å². The molecule has 0 atom stereocenters. The van der Waals surface area contributed by atoms with Crippen LogP contribution in [-0.2, 0) is 6.54 Å². The number of ether oxygens (including phenoxy) is 1. The molecule has 1 fully saturated rings. The minimum atomic E-state index is 0.406. The van der Waals surface area contributed by atoms with Gasteiger partial charge < -0.3 is 15.4 Å². The van der Waals surface area contributed by atoms with Gasteiger partial charge in [0.05, 0.1) is 0 Å². The average Bonchev–Trinajstić information content (AvgIpc) is 2.41. The third-order valence-electron chi connectivity index (χ3n) is 3.54. The maximum absolute atomic E-state index is 6.10. The molecule has 106 valence electrons. The fourth-order valence-electron chi connectivity index (χ4n) is 2.23. The first-order valence-corrected chi connectivity index (χ1v) is 7.09. The second-order valence-corrected chi connectivity index (χ2v) is 5.32. The van der Waals surface area contributed by atoms with E-state index in [4.69, 9.17) is 22.1 Å². The molecule has 1 aromatic carbocycles. The van der Waals surface area contributed by atoms with Crippen molar-refractivity contribution < 1.29 is 4.74 Å². The first-order valence-electron chi connectivity index (χ1n) is 6.72. The largest absolute Gasteiger partial charge is 0.492 e. The standard InChI is InChI=1S/C14H22ClN3O/c1-17-5-7-18(8-6-17)9-10-19-14-4-2-3-13(15)12(14)11-16/h2-4H,5-11,16H2,1H3. The molecule has 1 aromatic rings. The molecule has 1 aliphatic rings. The molecule has 0 saturated carbocycles. The Morgan fingerprint density at radius 2 is 2.00 bits per heavy atom. The minimum Gasteiger partial charge on any atom is -0.492 e. The maximum Gasteiger partial charge on any atom is 0.125 e. The van der Waals surface area contributed by atoms with Crippen molar-refractivity contribution in [2.75, 3.05) is 46.4 Å². The summed E-state index contributed by atoms with van der Waals surface area (Å²) in [7, 11) is 2.16. The van der Waals surface area contributed by atoms with E-state index in [1.165, 1.54) is 0 Å². The number of hydrogen-bond acceptors (Lipinski definition) is 4. The van der Waals surface area contributed by atoms with Crippen molar-refractivity contribution in [3.63, 3.8) is 0 Å². The zero-order valence-corrected chi connectivity index (χ0v) is 12.2. The van der Waals surface area contributed by atoms with Gasteiger partial charge in [0.1, 0.15) is 12.4 Å². The van der Waals surface area contributed by atoms with Gasteiger partial charge in [-0.25, -0.2) is 0 Å². The summed E-state index contributed by atoms with van der Waals surface area (Å²) in [6.07, 6.45) is 0. The lowest BCUT2D eigenvalue weighted by Gasteiger charge is -2.32. The summed E-state index contributed by atoms with van der Waals surface area (Å²) in [6, 6.07) is 5.67. The van der Waals surface area contributed by atoms with Crippen LogP contribution in [0.15, 0.2) is 18.2 Å². The Morgan fingerprint density at radius 1 is 1.26 bits per heavy atom. The zero-order valence-electron chi connectivity index (χ0n) is 11.4. The van der Waals surface area contributed by atoms with Crippen LogP contribution in [0.2, 0.25) is 5.02 Å². The Bertz CT molecular complexity index is 406. The maximum atomic E-state index is 6.10. The molecule has 19 heavy (non-hydrogen) atoms. The Hall–Kier alpha value is -0.810. The number of hydrogen-bond donors (Lipinski definition) is 1. The molecule has 0 aliphatic carbocycles. The van der Waals surface area contributed by atoms with E-state index in [2.05, 4.69) is 16.8 Å². The fourth-order valence-corrected chi connectivity index (χ4v) is 2.47. The van der Waals surface area contributed by atoms with Crippen molar-refractivity contribution in [3.05, 3.63) is 28.8 Å². The van der Waals surface area contributed by atoms with Crippen LogP contribution in [0, 0.1) is 0 Å². The normalized spacial score (nSPS) is 17.6. The van der Waals surface area contributed by atoms with Crippen LogP contribution in [0.25, 0.3) is 0 Å². The molecule has 5 heteroatoms. The number of piperazine rings is 1. The highest BCUT2D eigenvalue weighted by Crippen LogP contribution is 2.25. The summed E-state index contributed by atoms with van der Waals surface area (Å²) < 4.78 is 5.82. The lowest BCUT2D eigenvalue weighted by atomic mass is 10.2. The minimum absolute atomic E-state index is 0.406. The number of nitrogens with two attached hydrogens (primary N) is 1. The summed E-state index contributed by atoms with van der Waals surface area (Å²) in [5, 5.41) is 0.680. The number of likely N-dealkylation sites (N-methyl/N-ethyl adjacent to an activating group) is 1. The van der Waals surface area contributed by atoms with E-state index in [0.29, 0.717) is 18.2 Å². The average molecular weight is 284 g/mol. The van der Waals surface area contributed by atoms with E-state index in [1.54, 1.807) is 0 Å². The Balaban J connectivity index is 1.81. The molecular formula is C14H22ClN3O. The molecule has 0 spiro atoms. The third kappa shape index (κ3) is 4.08. The second kappa shape index (κ2) is 7.10. The van der Waals surface area contributed by atoms with Gasteiger partial charge in [-0.15, -0.1) is 0 Å². The van der Waals surface area contributed by atoms with Crippen molar-refractivity contribution in [2.24, 2.45) is 5.73 Å². The monoisotopic (exact) mass is 283 g/mol. The van der Waals surface area contributed by atoms with Gasteiger partial charge in [0.2, 0.25) is 0 Å². The van der Waals surface area contributed by atoms with Gasteiger partial charge in [-0.3, -0.25) is 4.90 Å². The van der Waals surface area contributed by atoms with E-state index < -0.39 is 0 Å². The molecule has 1 saturated heterocycles. The van der Waals surface area contributed by atoms with Crippen molar-refractivity contribution in [3.8, 4) is 5.75 Å². The van der Waals surface area contributed by atoms with Gasteiger partial charge in [0, 0.05) is 49.9 Å². The molecule has 0 unspecified atom stereocenters. The number of halogens is 1. The Labute approximate surface area is 120 Å². The van der Waals surface area contributed by atoms with Crippen LogP contribution in [0.4, 0.5) is 0 Å². The van der Waals surface area contributed by atoms with Gasteiger partial charge in [-0.05, 0) is 19.2 Å². The summed E-state index contributed by atoms with van der Waals surface area (Å²) in [5.41, 5.74) is 6.59. The van der Waals surface area contributed by atoms with Crippen LogP contribution in [-0.4, -0.2) is 56.2 Å². The predicted molar refractivity (Wildman–Crippen MR) is 78.8 cm³/mol. The van der Waals surface area contributed by atoms with Crippen molar-refractivity contribution in [1.82, 2.24) is 9.80 Å². The van der Waals surface area contributed by atoms with Gasteiger partial charge >= 0.3 is 0 Å². The zero-order chi connectivity index (χ0) is 13.7. The first kappa shape index (κ1) is 14.6. The highest BCUT2D eigenvalue weighted by Gasteiger charge is 2.13. The third-order valence-corrected chi connectivity index (χ3v) is 3.90. The van der Waals surface area contributed by atoms with Gasteiger partial charge in [0.25, 0.3) is 0 Å². The Kier molecular flexibility index (Phi) is 5.45. The van der Waals surface area contributed by atoms with E-state index >= 15 is 0 Å². The quantitative estimate of drug-likeness (QED) is 0.888. The van der Waals surface area contributed by atoms with Crippen molar-refractivity contribution in [1.29, 1.82) is 0 Å². The molecule has 0 aromatic heterocycles. The van der Waals surface area contributed by atoms with Crippen LogP contribution in [0.5, 0.6) is 5.75 Å². The van der Waals surface area contributed by atoms with Crippen LogP contribution in [0.1, 0.15) is 5.56 Å². The molecule has 4 nitrogen and oxygen atoms in total. The molecule has 0 amide bonds. The molecule has 0 radical (unpaired) electrons. The molecular weight excluding hydrogens is 262 g/mol. The van der Waals surface area contributed by atoms with Crippen LogP contribution < -0.4 is 10.5 Å². The van der Waals surface area contributed by atoms with Gasteiger partial charge in [-0.2, -0.15) is 0 Å². The topological polar surface area (TPSA) is 41.7 Å². The van der Waals surface area contributed by atoms with Gasteiger partial charge in [0.15, 0.2) is 0 Å². The van der Waals surface area contributed by atoms with Crippen molar-refractivity contribution in [2.45, 2.75) is 6.54 Å². The molecule has 0 bridgehead atoms. The first-order chi connectivity index (χ1) is 9.20. The van der Waals surface area contributed by atoms with Gasteiger partial charge in [-0.1, -0.05) is 17.7 Å². The van der Waals surface area contributed by atoms with E-state index in [9.17, 15) is 0 Å². The summed E-state index contributed by atoms with van der Waals surface area (Å²) in [5.74, 6) is 0.809. The molecule has 2 N–H and O–H groups in total. The predicted octanol–water partition coefficient (Wildman–Crippen LogP) is 1.42. The second-order valence-electron chi connectivity index (χ2n) is 4.91. The number of benzene rings is 1. The molecule has 2 rings (SSSR count). The fraction of sp³-hybridized carbons (Fsp3) is 0.571. The number of nitrogens with zero attached hydrogens (tertiary/aromatic N) is 2. The molecule has 1 aliphatic heterocycles. The summed E-state index contributed by atoms with van der Waals surface area (Å²) in [6.45, 7) is 6.51. The van der Waals surface area contributed by atoms with E-state index in [-0.39, 0.29) is 0 Å². The van der Waals surface area contributed by atoms with Crippen LogP contribution in [0.3, 0.4) is 0 Å². The SMILES string of the molecule is CN1CCN(CCOc2cccc(Cl)c2CN)CC1. The highest BCUT2D eigenvalue weighted by molar-refractivity contribution is 6.31. The lowest BCUT2D eigenvalue weighted by Crippen LogP contribution is -2.45. The smallest absolute Gasteiger partial charge is 0.125 e. The van der Waals surface area contributed by atoms with E-state index in [1.807, 2.05) is 18.2 Å². The Morgan fingerprint density at radius 3 is 2.68 bits per heavy atom. The van der Waals surface area contributed by atoms with Crippen molar-refractivity contribution >= 4 is 11.6 Å². The summed E-state index contributed by atoms with van der Waals surface area (Å²) in [4.78, 5) is 4.77. The lowest BCUT2D eigenvalue weighted by molar-refractivity contribution is 0.133. The highest BCUT2D eigenvalue weighted by atomic mass is 35.5. The number of rotatable bonds is 5. The summed E-state index contributed by atoms with van der Waals surface area (Å²) >= 11 is 6.10. The molecule has 1 heterocycles.